The molecule has 0 bridgehead atoms. The van der Waals surface area contributed by atoms with Gasteiger partial charge in [0.1, 0.15) is 0 Å². The zero-order valence-corrected chi connectivity index (χ0v) is 10.1. The van der Waals surface area contributed by atoms with Crippen LogP contribution in [0.1, 0.15) is 24.5 Å². The lowest BCUT2D eigenvalue weighted by Crippen LogP contribution is -2.00. The number of hydrogen-bond acceptors (Lipinski definition) is 2. The van der Waals surface area contributed by atoms with Crippen LogP contribution in [0.3, 0.4) is 0 Å². The van der Waals surface area contributed by atoms with Crippen molar-refractivity contribution >= 4 is 10.8 Å². The summed E-state index contributed by atoms with van der Waals surface area (Å²) in [6, 6.07) is 14.2. The highest BCUT2D eigenvalue weighted by molar-refractivity contribution is 5.85. The molecule has 0 heterocycles. The molecule has 2 heteroatoms. The van der Waals surface area contributed by atoms with Crippen molar-refractivity contribution in [1.29, 1.82) is 0 Å². The van der Waals surface area contributed by atoms with Gasteiger partial charge in [-0.3, -0.25) is 0 Å². The highest BCUT2D eigenvalue weighted by Crippen LogP contribution is 2.26. The van der Waals surface area contributed by atoms with Crippen LogP contribution in [-0.4, -0.2) is 18.8 Å². The first kappa shape index (κ1) is 12.1. The maximum absolute atomic E-state index is 10.2. The normalized spacial score (nSPS) is 12.8. The van der Waals surface area contributed by atoms with Crippen LogP contribution in [0.5, 0.6) is 0 Å². The first-order chi connectivity index (χ1) is 8.33. The Balaban J connectivity index is 2.22. The summed E-state index contributed by atoms with van der Waals surface area (Å²) in [6.07, 6.45) is 1.21. The van der Waals surface area contributed by atoms with E-state index < -0.39 is 6.10 Å². The van der Waals surface area contributed by atoms with E-state index in [0.717, 1.165) is 23.8 Å². The molecule has 2 aromatic rings. The van der Waals surface area contributed by atoms with Crippen LogP contribution in [0.4, 0.5) is 0 Å². The molecule has 90 valence electrons. The summed E-state index contributed by atoms with van der Waals surface area (Å²) in [5.41, 5.74) is 1.01. The third-order valence-corrected chi connectivity index (χ3v) is 3.01. The predicted molar refractivity (Wildman–Crippen MR) is 70.0 cm³/mol. The number of rotatable bonds is 5. The second-order valence-electron chi connectivity index (χ2n) is 4.22. The third kappa shape index (κ3) is 2.84. The molecule has 2 nitrogen and oxygen atoms in total. The van der Waals surface area contributed by atoms with Gasteiger partial charge < -0.3 is 9.84 Å². The molecule has 0 saturated carbocycles. The monoisotopic (exact) mass is 230 g/mol. The van der Waals surface area contributed by atoms with E-state index in [1.54, 1.807) is 7.11 Å². The van der Waals surface area contributed by atoms with Gasteiger partial charge in [-0.05, 0) is 29.2 Å². The molecule has 0 aromatic heterocycles. The molecule has 0 radical (unpaired) electrons. The lowest BCUT2D eigenvalue weighted by Gasteiger charge is -2.13. The molecule has 1 unspecified atom stereocenters. The molecule has 0 spiro atoms. The van der Waals surface area contributed by atoms with Gasteiger partial charge in [-0.1, -0.05) is 42.5 Å². The van der Waals surface area contributed by atoms with Gasteiger partial charge >= 0.3 is 0 Å². The quantitative estimate of drug-likeness (QED) is 0.799. The van der Waals surface area contributed by atoms with E-state index in [4.69, 9.17) is 4.74 Å². The molecular formula is C15H18O2. The Morgan fingerprint density at radius 2 is 1.88 bits per heavy atom. The summed E-state index contributed by atoms with van der Waals surface area (Å²) < 4.78 is 5.00. The molecule has 1 N–H and O–H groups in total. The highest BCUT2D eigenvalue weighted by atomic mass is 16.5. The Morgan fingerprint density at radius 1 is 1.12 bits per heavy atom. The van der Waals surface area contributed by atoms with E-state index in [0.29, 0.717) is 6.61 Å². The number of benzene rings is 2. The molecule has 0 fully saturated rings. The second-order valence-corrected chi connectivity index (χ2v) is 4.22. The summed E-state index contributed by atoms with van der Waals surface area (Å²) >= 11 is 0. The summed E-state index contributed by atoms with van der Waals surface area (Å²) in [5.74, 6) is 0. The van der Waals surface area contributed by atoms with Crippen molar-refractivity contribution in [2.45, 2.75) is 18.9 Å². The lowest BCUT2D eigenvalue weighted by molar-refractivity contribution is 0.137. The standard InChI is InChI=1S/C15H18O2/c1-17-11-5-10-15(16)14-9-4-7-12-6-2-3-8-13(12)14/h2-4,6-9,15-16H,5,10-11H2,1H3. The minimum Gasteiger partial charge on any atom is -0.388 e. The molecular weight excluding hydrogens is 212 g/mol. The zero-order valence-electron chi connectivity index (χ0n) is 10.1. The number of aliphatic hydroxyl groups excluding tert-OH is 1. The lowest BCUT2D eigenvalue weighted by atomic mass is 9.98. The Kier molecular flexibility index (Phi) is 4.13. The fourth-order valence-corrected chi connectivity index (χ4v) is 2.12. The van der Waals surface area contributed by atoms with Crippen LogP contribution in [0.25, 0.3) is 10.8 Å². The van der Waals surface area contributed by atoms with Crippen LogP contribution < -0.4 is 0 Å². The summed E-state index contributed by atoms with van der Waals surface area (Å²) in [7, 11) is 1.68. The summed E-state index contributed by atoms with van der Waals surface area (Å²) in [6.45, 7) is 0.696. The fraction of sp³-hybridized carbons (Fsp3) is 0.333. The van der Waals surface area contributed by atoms with Crippen molar-refractivity contribution in [2.24, 2.45) is 0 Å². The van der Waals surface area contributed by atoms with Gasteiger partial charge in [0.25, 0.3) is 0 Å². The van der Waals surface area contributed by atoms with Gasteiger partial charge in [-0.25, -0.2) is 0 Å². The maximum Gasteiger partial charge on any atom is 0.0796 e. The van der Waals surface area contributed by atoms with E-state index in [2.05, 4.69) is 18.2 Å². The van der Waals surface area contributed by atoms with Crippen molar-refractivity contribution in [2.75, 3.05) is 13.7 Å². The van der Waals surface area contributed by atoms with Crippen molar-refractivity contribution in [1.82, 2.24) is 0 Å². The van der Waals surface area contributed by atoms with Gasteiger partial charge in [-0.2, -0.15) is 0 Å². The van der Waals surface area contributed by atoms with Crippen molar-refractivity contribution in [3.8, 4) is 0 Å². The van der Waals surface area contributed by atoms with Gasteiger partial charge in [0.05, 0.1) is 6.10 Å². The Labute approximate surface area is 102 Å². The van der Waals surface area contributed by atoms with E-state index in [1.807, 2.05) is 24.3 Å². The molecule has 2 aromatic carbocycles. The van der Waals surface area contributed by atoms with E-state index in [1.165, 1.54) is 5.39 Å². The first-order valence-corrected chi connectivity index (χ1v) is 5.97. The number of ether oxygens (including phenoxy) is 1. The van der Waals surface area contributed by atoms with Crippen molar-refractivity contribution in [3.05, 3.63) is 48.0 Å². The van der Waals surface area contributed by atoms with Crippen LogP contribution in [0, 0.1) is 0 Å². The SMILES string of the molecule is COCCCC(O)c1cccc2ccccc12. The molecule has 0 aliphatic heterocycles. The number of aliphatic hydroxyl groups is 1. The summed E-state index contributed by atoms with van der Waals surface area (Å²) in [4.78, 5) is 0. The topological polar surface area (TPSA) is 29.5 Å². The largest absolute Gasteiger partial charge is 0.388 e. The van der Waals surface area contributed by atoms with Gasteiger partial charge in [-0.15, -0.1) is 0 Å². The predicted octanol–water partition coefficient (Wildman–Crippen LogP) is 3.30. The Morgan fingerprint density at radius 3 is 2.71 bits per heavy atom. The van der Waals surface area contributed by atoms with Crippen LogP contribution in [-0.2, 0) is 4.74 Å². The molecule has 1 atom stereocenters. The minimum absolute atomic E-state index is 0.406. The van der Waals surface area contributed by atoms with Gasteiger partial charge in [0.2, 0.25) is 0 Å². The number of fused-ring (bicyclic) bond motifs is 1. The van der Waals surface area contributed by atoms with E-state index >= 15 is 0 Å². The van der Waals surface area contributed by atoms with Crippen LogP contribution >= 0.6 is 0 Å². The summed E-state index contributed by atoms with van der Waals surface area (Å²) in [5, 5.41) is 12.5. The Hall–Kier alpha value is -1.38. The Bertz CT molecular complexity index is 474. The number of hydrogen-bond donors (Lipinski definition) is 1. The minimum atomic E-state index is -0.406. The molecule has 17 heavy (non-hydrogen) atoms. The highest BCUT2D eigenvalue weighted by Gasteiger charge is 2.10. The maximum atomic E-state index is 10.2. The van der Waals surface area contributed by atoms with Crippen LogP contribution in [0.2, 0.25) is 0 Å². The van der Waals surface area contributed by atoms with Gasteiger partial charge in [0, 0.05) is 13.7 Å². The third-order valence-electron chi connectivity index (χ3n) is 3.01. The van der Waals surface area contributed by atoms with Crippen molar-refractivity contribution in [3.63, 3.8) is 0 Å². The smallest absolute Gasteiger partial charge is 0.0796 e. The molecule has 2 rings (SSSR count). The second kappa shape index (κ2) is 5.80. The van der Waals surface area contributed by atoms with Crippen LogP contribution in [0.15, 0.2) is 42.5 Å². The van der Waals surface area contributed by atoms with E-state index in [-0.39, 0.29) is 0 Å². The average molecular weight is 230 g/mol. The zero-order chi connectivity index (χ0) is 12.1. The first-order valence-electron chi connectivity index (χ1n) is 5.97. The average Bonchev–Trinajstić information content (AvgIpc) is 2.38. The van der Waals surface area contributed by atoms with Crippen molar-refractivity contribution < 1.29 is 9.84 Å². The van der Waals surface area contributed by atoms with E-state index in [9.17, 15) is 5.11 Å². The molecule has 0 amide bonds. The fourth-order valence-electron chi connectivity index (χ4n) is 2.12. The van der Waals surface area contributed by atoms with Gasteiger partial charge in [0.15, 0.2) is 0 Å². The molecule has 0 saturated heterocycles. The number of methoxy groups -OCH3 is 1. The molecule has 0 aliphatic carbocycles. The molecule has 0 aliphatic rings.